The number of carbonyl (C=O) groups is 1. The minimum Gasteiger partial charge on any atom is -0.478 e. The van der Waals surface area contributed by atoms with Crippen LogP contribution in [0.3, 0.4) is 0 Å². The van der Waals surface area contributed by atoms with Crippen molar-refractivity contribution in [2.45, 2.75) is 40.2 Å². The fraction of sp³-hybridized carbons (Fsp3) is 0.588. The van der Waals surface area contributed by atoms with Gasteiger partial charge in [0.1, 0.15) is 0 Å². The van der Waals surface area contributed by atoms with Crippen molar-refractivity contribution in [3.8, 4) is 0 Å². The SMILES string of the molecule is CC(C)(C)C1CCCN(Cc2ccc(C(=O)O)cc2)C1. The van der Waals surface area contributed by atoms with E-state index < -0.39 is 5.97 Å². The number of rotatable bonds is 3. The molecule has 0 radical (unpaired) electrons. The fourth-order valence-corrected chi connectivity index (χ4v) is 2.92. The Labute approximate surface area is 121 Å². The van der Waals surface area contributed by atoms with Gasteiger partial charge in [0.25, 0.3) is 0 Å². The molecule has 1 saturated heterocycles. The molecule has 0 bridgehead atoms. The number of hydrogen-bond donors (Lipinski definition) is 1. The average Bonchev–Trinajstić information content (AvgIpc) is 2.38. The van der Waals surface area contributed by atoms with Crippen molar-refractivity contribution in [1.29, 1.82) is 0 Å². The van der Waals surface area contributed by atoms with E-state index in [9.17, 15) is 4.79 Å². The molecule has 1 unspecified atom stereocenters. The quantitative estimate of drug-likeness (QED) is 0.915. The van der Waals surface area contributed by atoms with Gasteiger partial charge >= 0.3 is 5.97 Å². The average molecular weight is 275 g/mol. The summed E-state index contributed by atoms with van der Waals surface area (Å²) in [6.07, 6.45) is 2.58. The Bertz CT molecular complexity index is 459. The lowest BCUT2D eigenvalue weighted by Gasteiger charge is -2.39. The van der Waals surface area contributed by atoms with E-state index in [4.69, 9.17) is 5.11 Å². The fourth-order valence-electron chi connectivity index (χ4n) is 2.92. The number of aromatic carboxylic acids is 1. The predicted octanol–water partition coefficient (Wildman–Crippen LogP) is 3.64. The van der Waals surface area contributed by atoms with Gasteiger partial charge in [-0.3, -0.25) is 4.90 Å². The first-order valence-corrected chi connectivity index (χ1v) is 7.41. The molecule has 110 valence electrons. The molecule has 20 heavy (non-hydrogen) atoms. The molecule has 1 aromatic carbocycles. The lowest BCUT2D eigenvalue weighted by Crippen LogP contribution is -2.40. The lowest BCUT2D eigenvalue weighted by molar-refractivity contribution is 0.0696. The van der Waals surface area contributed by atoms with Crippen molar-refractivity contribution in [2.24, 2.45) is 11.3 Å². The van der Waals surface area contributed by atoms with Gasteiger partial charge in [0, 0.05) is 13.1 Å². The van der Waals surface area contributed by atoms with E-state index in [0.29, 0.717) is 11.0 Å². The van der Waals surface area contributed by atoms with E-state index in [0.717, 1.165) is 25.6 Å². The molecule has 3 heteroatoms. The Morgan fingerprint density at radius 3 is 2.50 bits per heavy atom. The molecule has 1 N–H and O–H groups in total. The third kappa shape index (κ3) is 3.83. The van der Waals surface area contributed by atoms with E-state index in [1.807, 2.05) is 12.1 Å². The standard InChI is InChI=1S/C17H25NO2/c1-17(2,3)15-5-4-10-18(12-15)11-13-6-8-14(9-7-13)16(19)20/h6-9,15H,4-5,10-12H2,1-3H3,(H,19,20). The van der Waals surface area contributed by atoms with Crippen LogP contribution in [-0.4, -0.2) is 29.1 Å². The van der Waals surface area contributed by atoms with E-state index in [1.54, 1.807) is 12.1 Å². The molecule has 0 amide bonds. The van der Waals surface area contributed by atoms with Crippen LogP contribution in [0.2, 0.25) is 0 Å². The van der Waals surface area contributed by atoms with Crippen LogP contribution >= 0.6 is 0 Å². The van der Waals surface area contributed by atoms with Gasteiger partial charge in [0.2, 0.25) is 0 Å². The summed E-state index contributed by atoms with van der Waals surface area (Å²) in [6.45, 7) is 10.2. The molecule has 0 spiro atoms. The zero-order valence-corrected chi connectivity index (χ0v) is 12.7. The number of likely N-dealkylation sites (tertiary alicyclic amines) is 1. The van der Waals surface area contributed by atoms with Crippen molar-refractivity contribution < 1.29 is 9.90 Å². The molecule has 1 atom stereocenters. The van der Waals surface area contributed by atoms with Crippen LogP contribution < -0.4 is 0 Å². The van der Waals surface area contributed by atoms with Gasteiger partial charge in [0.05, 0.1) is 5.56 Å². The first-order chi connectivity index (χ1) is 9.36. The van der Waals surface area contributed by atoms with Crippen LogP contribution in [0.15, 0.2) is 24.3 Å². The Hall–Kier alpha value is -1.35. The number of carboxylic acids is 1. The van der Waals surface area contributed by atoms with Crippen LogP contribution in [-0.2, 0) is 6.54 Å². The summed E-state index contributed by atoms with van der Waals surface area (Å²) >= 11 is 0. The number of hydrogen-bond acceptors (Lipinski definition) is 2. The summed E-state index contributed by atoms with van der Waals surface area (Å²) < 4.78 is 0. The normalized spacial score (nSPS) is 20.9. The van der Waals surface area contributed by atoms with E-state index in [2.05, 4.69) is 25.7 Å². The van der Waals surface area contributed by atoms with Crippen molar-refractivity contribution in [2.75, 3.05) is 13.1 Å². The Morgan fingerprint density at radius 1 is 1.30 bits per heavy atom. The third-order valence-corrected chi connectivity index (χ3v) is 4.34. The van der Waals surface area contributed by atoms with Gasteiger partial charge in [-0.2, -0.15) is 0 Å². The number of nitrogens with zero attached hydrogens (tertiary/aromatic N) is 1. The van der Waals surface area contributed by atoms with E-state index in [1.165, 1.54) is 18.4 Å². The molecule has 0 aliphatic carbocycles. The van der Waals surface area contributed by atoms with Gasteiger partial charge in [-0.1, -0.05) is 32.9 Å². The molecule has 1 heterocycles. The summed E-state index contributed by atoms with van der Waals surface area (Å²) in [5, 5.41) is 8.91. The summed E-state index contributed by atoms with van der Waals surface area (Å²) in [7, 11) is 0. The van der Waals surface area contributed by atoms with Crippen LogP contribution in [0, 0.1) is 11.3 Å². The van der Waals surface area contributed by atoms with Gasteiger partial charge in [0.15, 0.2) is 0 Å². The number of piperidine rings is 1. The predicted molar refractivity (Wildman–Crippen MR) is 80.9 cm³/mol. The van der Waals surface area contributed by atoms with Gasteiger partial charge in [-0.05, 0) is 48.4 Å². The van der Waals surface area contributed by atoms with Crippen molar-refractivity contribution in [3.05, 3.63) is 35.4 Å². The van der Waals surface area contributed by atoms with Gasteiger partial charge in [-0.15, -0.1) is 0 Å². The topological polar surface area (TPSA) is 40.5 Å². The maximum Gasteiger partial charge on any atom is 0.335 e. The second kappa shape index (κ2) is 5.96. The zero-order chi connectivity index (χ0) is 14.8. The van der Waals surface area contributed by atoms with Crippen LogP contribution in [0.25, 0.3) is 0 Å². The summed E-state index contributed by atoms with van der Waals surface area (Å²) in [4.78, 5) is 13.3. The van der Waals surface area contributed by atoms with Gasteiger partial charge in [-0.25, -0.2) is 4.79 Å². The highest BCUT2D eigenvalue weighted by atomic mass is 16.4. The van der Waals surface area contributed by atoms with Crippen LogP contribution in [0.1, 0.15) is 49.5 Å². The summed E-state index contributed by atoms with van der Waals surface area (Å²) in [6, 6.07) is 7.26. The number of carboxylic acid groups (broad SMARTS) is 1. The minimum absolute atomic E-state index is 0.361. The van der Waals surface area contributed by atoms with Gasteiger partial charge < -0.3 is 5.11 Å². The Balaban J connectivity index is 1.97. The monoisotopic (exact) mass is 275 g/mol. The smallest absolute Gasteiger partial charge is 0.335 e. The summed E-state index contributed by atoms with van der Waals surface area (Å²) in [5.74, 6) is -0.114. The Kier molecular flexibility index (Phi) is 4.48. The molecular weight excluding hydrogens is 250 g/mol. The second-order valence-corrected chi connectivity index (χ2v) is 6.94. The molecule has 0 aromatic heterocycles. The summed E-state index contributed by atoms with van der Waals surface area (Å²) in [5.41, 5.74) is 1.93. The van der Waals surface area contributed by atoms with Crippen LogP contribution in [0.5, 0.6) is 0 Å². The first-order valence-electron chi connectivity index (χ1n) is 7.41. The molecule has 2 rings (SSSR count). The van der Waals surface area contributed by atoms with E-state index >= 15 is 0 Å². The maximum absolute atomic E-state index is 10.8. The molecule has 3 nitrogen and oxygen atoms in total. The van der Waals surface area contributed by atoms with Crippen molar-refractivity contribution >= 4 is 5.97 Å². The highest BCUT2D eigenvalue weighted by Crippen LogP contribution is 2.33. The van der Waals surface area contributed by atoms with Crippen LogP contribution in [0.4, 0.5) is 0 Å². The van der Waals surface area contributed by atoms with Crippen molar-refractivity contribution in [1.82, 2.24) is 4.90 Å². The molecule has 1 aliphatic rings. The first kappa shape index (κ1) is 15.0. The number of benzene rings is 1. The Morgan fingerprint density at radius 2 is 1.95 bits per heavy atom. The largest absolute Gasteiger partial charge is 0.478 e. The highest BCUT2D eigenvalue weighted by molar-refractivity contribution is 5.87. The second-order valence-electron chi connectivity index (χ2n) is 6.94. The lowest BCUT2D eigenvalue weighted by atomic mass is 9.76. The molecular formula is C17H25NO2. The minimum atomic E-state index is -0.859. The highest BCUT2D eigenvalue weighted by Gasteiger charge is 2.29. The molecule has 1 aromatic rings. The zero-order valence-electron chi connectivity index (χ0n) is 12.7. The van der Waals surface area contributed by atoms with Crippen molar-refractivity contribution in [3.63, 3.8) is 0 Å². The molecule has 1 fully saturated rings. The molecule has 1 aliphatic heterocycles. The van der Waals surface area contributed by atoms with E-state index in [-0.39, 0.29) is 0 Å². The third-order valence-electron chi connectivity index (χ3n) is 4.34. The molecule has 0 saturated carbocycles. The maximum atomic E-state index is 10.8.